The summed E-state index contributed by atoms with van der Waals surface area (Å²) < 4.78 is 5.63. The van der Waals surface area contributed by atoms with E-state index in [1.807, 2.05) is 0 Å². The Kier molecular flexibility index (Phi) is 5.46. The third kappa shape index (κ3) is 3.94. The molecule has 1 aliphatic heterocycles. The van der Waals surface area contributed by atoms with Crippen LogP contribution >= 0.6 is 11.8 Å². The van der Waals surface area contributed by atoms with Crippen LogP contribution < -0.4 is 5.32 Å². The minimum Gasteiger partial charge on any atom is -0.378 e. The van der Waals surface area contributed by atoms with Crippen LogP contribution in [-0.4, -0.2) is 36.3 Å². The first-order chi connectivity index (χ1) is 7.88. The summed E-state index contributed by atoms with van der Waals surface area (Å²) in [5, 5.41) is 4.63. The van der Waals surface area contributed by atoms with Crippen molar-refractivity contribution in [3.05, 3.63) is 0 Å². The molecule has 3 heteroatoms. The van der Waals surface area contributed by atoms with Crippen molar-refractivity contribution in [3.63, 3.8) is 0 Å². The van der Waals surface area contributed by atoms with Crippen LogP contribution in [0.5, 0.6) is 0 Å². The van der Waals surface area contributed by atoms with Crippen molar-refractivity contribution in [2.45, 2.75) is 62.8 Å². The minimum absolute atomic E-state index is 0.551. The number of hydrogen-bond acceptors (Lipinski definition) is 3. The van der Waals surface area contributed by atoms with Crippen molar-refractivity contribution in [1.29, 1.82) is 0 Å². The molecular formula is C13H25NOS. The summed E-state index contributed by atoms with van der Waals surface area (Å²) in [5.74, 6) is 1.27. The second-order valence-corrected chi connectivity index (χ2v) is 6.54. The highest BCUT2D eigenvalue weighted by Gasteiger charge is 2.24. The predicted octanol–water partition coefficient (Wildman–Crippen LogP) is 2.82. The van der Waals surface area contributed by atoms with Gasteiger partial charge in [-0.3, -0.25) is 0 Å². The zero-order chi connectivity index (χ0) is 11.2. The highest BCUT2D eigenvalue weighted by molar-refractivity contribution is 7.99. The maximum absolute atomic E-state index is 5.63. The Labute approximate surface area is 104 Å². The molecule has 1 saturated heterocycles. The third-order valence-corrected chi connectivity index (χ3v) is 4.94. The average Bonchev–Trinajstić information content (AvgIpc) is 2.90. The summed E-state index contributed by atoms with van der Waals surface area (Å²) in [7, 11) is 0. The molecule has 2 aliphatic rings. The normalized spacial score (nSPS) is 34.7. The Bertz CT molecular complexity index is 194. The van der Waals surface area contributed by atoms with E-state index in [1.54, 1.807) is 0 Å². The second kappa shape index (κ2) is 6.87. The fourth-order valence-electron chi connectivity index (χ4n) is 2.83. The molecular weight excluding hydrogens is 218 g/mol. The van der Waals surface area contributed by atoms with Crippen molar-refractivity contribution < 1.29 is 4.74 Å². The Morgan fingerprint density at radius 3 is 3.00 bits per heavy atom. The van der Waals surface area contributed by atoms with Crippen molar-refractivity contribution in [3.8, 4) is 0 Å². The summed E-state index contributed by atoms with van der Waals surface area (Å²) in [6.45, 7) is 4.41. The molecule has 0 amide bonds. The van der Waals surface area contributed by atoms with Crippen LogP contribution in [0.1, 0.15) is 45.4 Å². The van der Waals surface area contributed by atoms with Gasteiger partial charge in [0.05, 0.1) is 6.10 Å². The lowest BCUT2D eigenvalue weighted by Crippen LogP contribution is -2.29. The van der Waals surface area contributed by atoms with E-state index in [4.69, 9.17) is 4.74 Å². The summed E-state index contributed by atoms with van der Waals surface area (Å²) in [5.41, 5.74) is 0. The quantitative estimate of drug-likeness (QED) is 0.775. The van der Waals surface area contributed by atoms with Crippen LogP contribution in [0, 0.1) is 0 Å². The Morgan fingerprint density at radius 2 is 2.25 bits per heavy atom. The van der Waals surface area contributed by atoms with Crippen molar-refractivity contribution in [1.82, 2.24) is 5.32 Å². The molecule has 1 saturated carbocycles. The van der Waals surface area contributed by atoms with Gasteiger partial charge in [-0.2, -0.15) is 11.8 Å². The lowest BCUT2D eigenvalue weighted by molar-refractivity contribution is 0.103. The third-order valence-electron chi connectivity index (χ3n) is 3.71. The molecule has 3 unspecified atom stereocenters. The average molecular weight is 243 g/mol. The number of rotatable bonds is 6. The van der Waals surface area contributed by atoms with Gasteiger partial charge in [-0.05, 0) is 50.8 Å². The summed E-state index contributed by atoms with van der Waals surface area (Å²) in [6, 6.07) is 0.783. The largest absolute Gasteiger partial charge is 0.378 e. The van der Waals surface area contributed by atoms with Crippen molar-refractivity contribution >= 4 is 11.8 Å². The molecule has 1 N–H and O–H groups in total. The molecule has 2 fully saturated rings. The molecule has 1 heterocycles. The van der Waals surface area contributed by atoms with Gasteiger partial charge < -0.3 is 10.1 Å². The number of ether oxygens (including phenoxy) is 1. The van der Waals surface area contributed by atoms with Gasteiger partial charge in [0, 0.05) is 17.9 Å². The monoisotopic (exact) mass is 243 g/mol. The van der Waals surface area contributed by atoms with Crippen LogP contribution in [0.4, 0.5) is 0 Å². The highest BCUT2D eigenvalue weighted by Crippen LogP contribution is 2.29. The smallest absolute Gasteiger partial charge is 0.0588 e. The van der Waals surface area contributed by atoms with E-state index in [0.717, 1.165) is 24.4 Å². The topological polar surface area (TPSA) is 21.3 Å². The summed E-state index contributed by atoms with van der Waals surface area (Å²) in [6.07, 6.45) is 8.48. The Morgan fingerprint density at radius 1 is 1.31 bits per heavy atom. The lowest BCUT2D eigenvalue weighted by Gasteiger charge is -2.15. The van der Waals surface area contributed by atoms with E-state index in [-0.39, 0.29) is 0 Å². The van der Waals surface area contributed by atoms with Gasteiger partial charge in [0.25, 0.3) is 0 Å². The first-order valence-corrected chi connectivity index (χ1v) is 7.90. The zero-order valence-corrected chi connectivity index (χ0v) is 11.2. The molecule has 2 nitrogen and oxygen atoms in total. The summed E-state index contributed by atoms with van der Waals surface area (Å²) >= 11 is 2.14. The molecule has 0 bridgehead atoms. The van der Waals surface area contributed by atoms with Gasteiger partial charge in [0.1, 0.15) is 0 Å². The molecule has 0 aromatic rings. The molecule has 2 rings (SSSR count). The number of hydrogen-bond donors (Lipinski definition) is 1. The zero-order valence-electron chi connectivity index (χ0n) is 10.4. The molecule has 94 valence electrons. The van der Waals surface area contributed by atoms with Crippen LogP contribution in [0.2, 0.25) is 0 Å². The van der Waals surface area contributed by atoms with E-state index in [0.29, 0.717) is 6.10 Å². The van der Waals surface area contributed by atoms with Gasteiger partial charge in [-0.25, -0.2) is 0 Å². The van der Waals surface area contributed by atoms with Gasteiger partial charge >= 0.3 is 0 Å². The maximum Gasteiger partial charge on any atom is 0.0588 e. The van der Waals surface area contributed by atoms with Gasteiger partial charge in [0.2, 0.25) is 0 Å². The predicted molar refractivity (Wildman–Crippen MR) is 71.2 cm³/mol. The first-order valence-electron chi connectivity index (χ1n) is 6.85. The van der Waals surface area contributed by atoms with Crippen LogP contribution in [-0.2, 0) is 4.74 Å². The molecule has 16 heavy (non-hydrogen) atoms. The van der Waals surface area contributed by atoms with Crippen molar-refractivity contribution in [2.24, 2.45) is 0 Å². The van der Waals surface area contributed by atoms with Crippen LogP contribution in [0.3, 0.4) is 0 Å². The van der Waals surface area contributed by atoms with E-state index >= 15 is 0 Å². The maximum atomic E-state index is 5.63. The Hall–Kier alpha value is 0.270. The van der Waals surface area contributed by atoms with E-state index in [9.17, 15) is 0 Å². The van der Waals surface area contributed by atoms with Crippen molar-refractivity contribution in [2.75, 3.05) is 18.9 Å². The number of nitrogens with one attached hydrogen (secondary N) is 1. The second-order valence-electron chi connectivity index (χ2n) is 4.97. The highest BCUT2D eigenvalue weighted by atomic mass is 32.2. The molecule has 1 aliphatic carbocycles. The molecule has 0 spiro atoms. The number of thioether (sulfide) groups is 1. The van der Waals surface area contributed by atoms with Gasteiger partial charge in [0.15, 0.2) is 0 Å². The molecule has 0 radical (unpaired) electrons. The van der Waals surface area contributed by atoms with E-state index in [2.05, 4.69) is 24.0 Å². The fourth-order valence-corrected chi connectivity index (χ4v) is 3.98. The van der Waals surface area contributed by atoms with E-state index < -0.39 is 0 Å². The standard InChI is InChI=1S/C13H25NOS/c1-2-16-13-6-5-11(10-13)14-8-7-12-4-3-9-15-12/h11-14H,2-10H2,1H3. The van der Waals surface area contributed by atoms with E-state index in [1.165, 1.54) is 44.3 Å². The van der Waals surface area contributed by atoms with Crippen LogP contribution in [0.15, 0.2) is 0 Å². The fraction of sp³-hybridized carbons (Fsp3) is 1.00. The first kappa shape index (κ1) is 12.7. The SMILES string of the molecule is CCSC1CCC(NCCC2CCCO2)C1. The van der Waals surface area contributed by atoms with Gasteiger partial charge in [-0.15, -0.1) is 0 Å². The van der Waals surface area contributed by atoms with Crippen LogP contribution in [0.25, 0.3) is 0 Å². The summed E-state index contributed by atoms with van der Waals surface area (Å²) in [4.78, 5) is 0. The minimum atomic E-state index is 0.551. The molecule has 0 aromatic carbocycles. The lowest BCUT2D eigenvalue weighted by atomic mass is 10.1. The Balaban J connectivity index is 1.53. The molecule has 3 atom stereocenters. The van der Waals surface area contributed by atoms with Gasteiger partial charge in [-0.1, -0.05) is 6.92 Å². The molecule has 0 aromatic heterocycles.